The van der Waals surface area contributed by atoms with Gasteiger partial charge in [0.25, 0.3) is 0 Å². The Labute approximate surface area is 67.6 Å². The topological polar surface area (TPSA) is 0 Å². The van der Waals surface area contributed by atoms with Crippen molar-refractivity contribution < 1.29 is 0 Å². The third kappa shape index (κ3) is 1.51. The maximum Gasteiger partial charge on any atom is -0.0228 e. The summed E-state index contributed by atoms with van der Waals surface area (Å²) in [7, 11) is 0. The molecule has 0 saturated heterocycles. The number of aryl methyl sites for hydroxylation is 1. The van der Waals surface area contributed by atoms with Gasteiger partial charge in [-0.3, -0.25) is 0 Å². The summed E-state index contributed by atoms with van der Waals surface area (Å²) in [4.78, 5) is 0. The highest BCUT2D eigenvalue weighted by Gasteiger charge is 2.10. The van der Waals surface area contributed by atoms with E-state index in [2.05, 4.69) is 37.3 Å². The molecule has 56 valence electrons. The summed E-state index contributed by atoms with van der Waals surface area (Å²) in [5, 5.41) is 0. The number of hydrogen-bond donors (Lipinski definition) is 0. The van der Waals surface area contributed by atoms with Crippen LogP contribution in [-0.4, -0.2) is 0 Å². The Hall–Kier alpha value is -1.04. The normalized spacial score (nSPS) is 14.8. The predicted molar refractivity (Wildman–Crippen MR) is 48.4 cm³/mol. The molecule has 2 rings (SSSR count). The van der Waals surface area contributed by atoms with E-state index in [4.69, 9.17) is 0 Å². The maximum atomic E-state index is 2.31. The van der Waals surface area contributed by atoms with E-state index in [-0.39, 0.29) is 0 Å². The zero-order chi connectivity index (χ0) is 7.68. The average molecular weight is 144 g/mol. The van der Waals surface area contributed by atoms with Gasteiger partial charge in [0.15, 0.2) is 0 Å². The van der Waals surface area contributed by atoms with Crippen molar-refractivity contribution >= 4 is 6.08 Å². The molecule has 0 atom stereocenters. The molecule has 0 spiro atoms. The van der Waals surface area contributed by atoms with Crippen LogP contribution >= 0.6 is 0 Å². The molecule has 1 saturated carbocycles. The SMILES string of the molecule is Cc1ccccc1C=C1CC1. The van der Waals surface area contributed by atoms with E-state index in [0.717, 1.165) is 0 Å². The van der Waals surface area contributed by atoms with Crippen LogP contribution in [0.1, 0.15) is 24.0 Å². The lowest BCUT2D eigenvalue weighted by Gasteiger charge is -1.96. The van der Waals surface area contributed by atoms with Crippen LogP contribution in [0.25, 0.3) is 6.08 Å². The van der Waals surface area contributed by atoms with E-state index in [9.17, 15) is 0 Å². The molecular weight excluding hydrogens is 132 g/mol. The third-order valence-electron chi connectivity index (χ3n) is 2.09. The molecule has 1 aliphatic rings. The number of benzene rings is 1. The lowest BCUT2D eigenvalue weighted by molar-refractivity contribution is 1.44. The largest absolute Gasteiger partial charge is 0.0690 e. The second kappa shape index (κ2) is 2.54. The van der Waals surface area contributed by atoms with E-state index in [1.165, 1.54) is 24.0 Å². The molecule has 1 aromatic carbocycles. The lowest BCUT2D eigenvalue weighted by atomic mass is 10.1. The monoisotopic (exact) mass is 144 g/mol. The quantitative estimate of drug-likeness (QED) is 0.568. The molecule has 0 aromatic heterocycles. The highest BCUT2D eigenvalue weighted by atomic mass is 14.2. The number of hydrogen-bond acceptors (Lipinski definition) is 0. The van der Waals surface area contributed by atoms with Gasteiger partial charge < -0.3 is 0 Å². The van der Waals surface area contributed by atoms with Crippen LogP contribution in [0.2, 0.25) is 0 Å². The minimum atomic E-state index is 1.31. The molecule has 11 heavy (non-hydrogen) atoms. The van der Waals surface area contributed by atoms with Crippen LogP contribution < -0.4 is 0 Å². The van der Waals surface area contributed by atoms with Crippen molar-refractivity contribution in [1.82, 2.24) is 0 Å². The van der Waals surface area contributed by atoms with Crippen LogP contribution in [0.5, 0.6) is 0 Å². The van der Waals surface area contributed by atoms with Crippen LogP contribution in [-0.2, 0) is 0 Å². The number of rotatable bonds is 1. The Morgan fingerprint density at radius 1 is 1.18 bits per heavy atom. The maximum absolute atomic E-state index is 2.31. The van der Waals surface area contributed by atoms with E-state index in [0.29, 0.717) is 0 Å². The van der Waals surface area contributed by atoms with Gasteiger partial charge in [-0.2, -0.15) is 0 Å². The van der Waals surface area contributed by atoms with E-state index >= 15 is 0 Å². The van der Waals surface area contributed by atoms with Gasteiger partial charge in [0, 0.05) is 0 Å². The standard InChI is InChI=1S/C11H12/c1-9-4-2-3-5-11(9)8-10-6-7-10/h2-5,8H,6-7H2,1H3. The first kappa shape index (κ1) is 6.66. The van der Waals surface area contributed by atoms with Crippen LogP contribution in [0.15, 0.2) is 29.8 Å². The summed E-state index contributed by atoms with van der Waals surface area (Å²) in [6.07, 6.45) is 4.94. The van der Waals surface area contributed by atoms with Crippen molar-refractivity contribution in [1.29, 1.82) is 0 Å². The van der Waals surface area contributed by atoms with E-state index in [1.807, 2.05) is 0 Å². The lowest BCUT2D eigenvalue weighted by Crippen LogP contribution is -1.76. The molecule has 1 fully saturated rings. The second-order valence-corrected chi connectivity index (χ2v) is 3.16. The summed E-state index contributed by atoms with van der Waals surface area (Å²) < 4.78 is 0. The predicted octanol–water partition coefficient (Wildman–Crippen LogP) is 3.17. The Kier molecular flexibility index (Phi) is 1.54. The highest BCUT2D eigenvalue weighted by Crippen LogP contribution is 2.30. The first-order chi connectivity index (χ1) is 5.36. The third-order valence-corrected chi connectivity index (χ3v) is 2.09. The Morgan fingerprint density at radius 3 is 2.55 bits per heavy atom. The molecule has 0 nitrogen and oxygen atoms in total. The summed E-state index contributed by atoms with van der Waals surface area (Å²) >= 11 is 0. The molecule has 0 heteroatoms. The van der Waals surface area contributed by atoms with Gasteiger partial charge in [-0.05, 0) is 30.9 Å². The minimum Gasteiger partial charge on any atom is -0.0690 e. The van der Waals surface area contributed by atoms with Gasteiger partial charge in [0.2, 0.25) is 0 Å². The molecule has 0 amide bonds. The molecule has 0 heterocycles. The first-order valence-electron chi connectivity index (χ1n) is 4.11. The summed E-state index contributed by atoms with van der Waals surface area (Å²) in [6, 6.07) is 8.53. The first-order valence-corrected chi connectivity index (χ1v) is 4.11. The fourth-order valence-corrected chi connectivity index (χ4v) is 1.19. The summed E-state index contributed by atoms with van der Waals surface area (Å²) in [5.74, 6) is 0. The zero-order valence-electron chi connectivity index (χ0n) is 6.80. The molecule has 1 aliphatic carbocycles. The van der Waals surface area contributed by atoms with Crippen LogP contribution in [0.3, 0.4) is 0 Å². The van der Waals surface area contributed by atoms with Gasteiger partial charge in [-0.15, -0.1) is 0 Å². The summed E-state index contributed by atoms with van der Waals surface area (Å²) in [6.45, 7) is 2.16. The molecule has 1 aromatic rings. The Morgan fingerprint density at radius 2 is 1.91 bits per heavy atom. The van der Waals surface area contributed by atoms with Crippen LogP contribution in [0, 0.1) is 6.92 Å². The number of allylic oxidation sites excluding steroid dienone is 1. The highest BCUT2D eigenvalue weighted by molar-refractivity contribution is 5.59. The Balaban J connectivity index is 2.36. The van der Waals surface area contributed by atoms with Crippen molar-refractivity contribution in [2.75, 3.05) is 0 Å². The molecule has 0 unspecified atom stereocenters. The fraction of sp³-hybridized carbons (Fsp3) is 0.273. The summed E-state index contributed by atoms with van der Waals surface area (Å²) in [5.41, 5.74) is 4.37. The van der Waals surface area contributed by atoms with Gasteiger partial charge in [0.1, 0.15) is 0 Å². The van der Waals surface area contributed by atoms with E-state index in [1.54, 1.807) is 5.57 Å². The smallest absolute Gasteiger partial charge is 0.0228 e. The average Bonchev–Trinajstić information content (AvgIpc) is 2.78. The van der Waals surface area contributed by atoms with Crippen molar-refractivity contribution in [3.8, 4) is 0 Å². The van der Waals surface area contributed by atoms with Crippen molar-refractivity contribution in [3.05, 3.63) is 41.0 Å². The van der Waals surface area contributed by atoms with Crippen molar-refractivity contribution in [2.45, 2.75) is 19.8 Å². The van der Waals surface area contributed by atoms with Gasteiger partial charge in [-0.1, -0.05) is 35.9 Å². The Bertz CT molecular complexity index is 289. The van der Waals surface area contributed by atoms with Crippen LogP contribution in [0.4, 0.5) is 0 Å². The van der Waals surface area contributed by atoms with E-state index < -0.39 is 0 Å². The second-order valence-electron chi connectivity index (χ2n) is 3.16. The van der Waals surface area contributed by atoms with Crippen molar-refractivity contribution in [3.63, 3.8) is 0 Å². The van der Waals surface area contributed by atoms with Gasteiger partial charge in [-0.25, -0.2) is 0 Å². The van der Waals surface area contributed by atoms with Gasteiger partial charge >= 0.3 is 0 Å². The van der Waals surface area contributed by atoms with Crippen molar-refractivity contribution in [2.24, 2.45) is 0 Å². The molecule has 0 N–H and O–H groups in total. The molecule has 0 radical (unpaired) electrons. The zero-order valence-corrected chi connectivity index (χ0v) is 6.80. The fourth-order valence-electron chi connectivity index (χ4n) is 1.19. The molecule has 0 bridgehead atoms. The minimum absolute atomic E-state index is 1.31. The molecular formula is C11H12. The molecule has 0 aliphatic heterocycles. The van der Waals surface area contributed by atoms with Gasteiger partial charge in [0.05, 0.1) is 0 Å².